The van der Waals surface area contributed by atoms with E-state index in [1.165, 1.54) is 109 Å². The van der Waals surface area contributed by atoms with Gasteiger partial charge in [0.2, 0.25) is 5.91 Å². The summed E-state index contributed by atoms with van der Waals surface area (Å²) in [6.45, 7) is 6.82. The lowest BCUT2D eigenvalue weighted by Gasteiger charge is -2.27. The number of amides is 1. The summed E-state index contributed by atoms with van der Waals surface area (Å²) in [5, 5.41) is 3.00. The van der Waals surface area contributed by atoms with Crippen molar-refractivity contribution in [3.05, 3.63) is 97.2 Å². The lowest BCUT2D eigenvalue weighted by atomic mass is 10.1. The lowest BCUT2D eigenvalue weighted by Crippen LogP contribution is -2.47. The monoisotopic (exact) mass is 1050 g/mol. The van der Waals surface area contributed by atoms with Gasteiger partial charge in [0.15, 0.2) is 0 Å². The van der Waals surface area contributed by atoms with Crippen LogP contribution in [0.4, 0.5) is 0 Å². The minimum atomic E-state index is -4.47. The first-order valence-corrected chi connectivity index (χ1v) is 31.6. The van der Waals surface area contributed by atoms with Crippen LogP contribution in [-0.4, -0.2) is 74.3 Å². The molecule has 9 nitrogen and oxygen atoms in total. The van der Waals surface area contributed by atoms with Crippen LogP contribution in [-0.2, 0) is 27.9 Å². The summed E-state index contributed by atoms with van der Waals surface area (Å²) in [5.41, 5.74) is 0. The lowest BCUT2D eigenvalue weighted by molar-refractivity contribution is -0.870. The zero-order valence-electron chi connectivity index (χ0n) is 48.6. The second-order valence-corrected chi connectivity index (χ2v) is 22.6. The van der Waals surface area contributed by atoms with E-state index in [1.54, 1.807) is 0 Å². The van der Waals surface area contributed by atoms with Crippen molar-refractivity contribution < 1.29 is 37.3 Å². The number of hydrogen-bond donors (Lipinski definition) is 2. The zero-order valence-corrected chi connectivity index (χ0v) is 49.4. The molecule has 0 aromatic heterocycles. The largest absolute Gasteiger partial charge is 0.472 e. The van der Waals surface area contributed by atoms with Gasteiger partial charge in [0.25, 0.3) is 0 Å². The molecule has 3 unspecified atom stereocenters. The van der Waals surface area contributed by atoms with Crippen molar-refractivity contribution in [1.82, 2.24) is 5.32 Å². The Morgan fingerprint density at radius 2 is 0.878 bits per heavy atom. The van der Waals surface area contributed by atoms with Crippen LogP contribution in [0.3, 0.4) is 0 Å². The Morgan fingerprint density at radius 1 is 0.486 bits per heavy atom. The molecule has 0 spiro atoms. The van der Waals surface area contributed by atoms with Gasteiger partial charge in [-0.25, -0.2) is 4.57 Å². The van der Waals surface area contributed by atoms with Gasteiger partial charge in [-0.15, -0.1) is 0 Å². The van der Waals surface area contributed by atoms with Crippen LogP contribution in [0, 0.1) is 0 Å². The van der Waals surface area contributed by atoms with Gasteiger partial charge in [-0.05, 0) is 96.0 Å². The molecule has 1 amide bonds. The first-order valence-electron chi connectivity index (χ1n) is 30.1. The molecule has 0 radical (unpaired) electrons. The maximum atomic E-state index is 13.5. The summed E-state index contributed by atoms with van der Waals surface area (Å²) < 4.78 is 30.6. The molecule has 0 rings (SSSR count). The average Bonchev–Trinajstić information content (AvgIpc) is 3.36. The minimum absolute atomic E-state index is 0.0250. The number of hydrogen-bond acceptors (Lipinski definition) is 6. The number of rotatable bonds is 53. The number of carbonyl (C=O) groups is 2. The first kappa shape index (κ1) is 70.9. The third-order valence-electron chi connectivity index (χ3n) is 12.8. The average molecular weight is 1050 g/mol. The van der Waals surface area contributed by atoms with Crippen molar-refractivity contribution in [2.24, 2.45) is 0 Å². The molecule has 0 aliphatic heterocycles. The molecule has 0 aliphatic carbocycles. The summed E-state index contributed by atoms with van der Waals surface area (Å²) in [5.74, 6) is -0.601. The SMILES string of the molecule is CC/C=C\C/C=C\C/C=C\C/C=C\C/C=C\CCCCCCCCCC(=O)OC(/C=C\CCCCCCCCCCCC)C(COP(=O)(O)OCC[N+](C)(C)C)NC(=O)CC/C=C/C/C=C\CCCCCCCC. The third kappa shape index (κ3) is 53.7. The molecule has 426 valence electrons. The number of likely N-dealkylation sites (N-methyl/N-ethyl adjacent to an activating group) is 1. The van der Waals surface area contributed by atoms with Crippen molar-refractivity contribution in [2.45, 2.75) is 258 Å². The standard InChI is InChI=1S/C64H113N2O7P/c1-7-10-13-16-19-22-25-28-29-30-31-32-33-34-35-36-37-39-42-45-48-51-54-57-64(68)73-62(55-52-49-46-43-40-27-24-21-18-15-12-9-3)61(60-72-74(69,70)71-59-58-66(4,5)6)65-63(67)56-53-50-47-44-41-38-26-23-20-17-14-11-8-2/h10,13,19,22,28-29,31-32,34-35,38,41,47,50,52,55,61-62H,7-9,11-12,14-18,20-21,23-27,30,33,36-37,39-40,42-46,48-49,51,53-54,56-60H2,1-6H3,(H-,65,67,69,70)/p+1/b13-10-,22-19-,29-28-,32-31-,35-34-,41-38-,50-47+,55-52-. The molecule has 0 aromatic rings. The Hall–Kier alpha value is -3.07. The number of phosphoric ester groups is 1. The molecule has 0 aromatic carbocycles. The number of phosphoric acid groups is 1. The molecular weight excluding hydrogens is 940 g/mol. The highest BCUT2D eigenvalue weighted by Crippen LogP contribution is 2.43. The van der Waals surface area contributed by atoms with Crippen LogP contribution < -0.4 is 5.32 Å². The summed E-state index contributed by atoms with van der Waals surface area (Å²) in [7, 11) is 1.45. The molecule has 10 heteroatoms. The molecule has 0 heterocycles. The summed E-state index contributed by atoms with van der Waals surface area (Å²) >= 11 is 0. The predicted molar refractivity (Wildman–Crippen MR) is 318 cm³/mol. The summed E-state index contributed by atoms with van der Waals surface area (Å²) in [6.07, 6.45) is 71.4. The Balaban J connectivity index is 5.30. The van der Waals surface area contributed by atoms with E-state index in [1.807, 2.05) is 39.4 Å². The second kappa shape index (κ2) is 53.3. The van der Waals surface area contributed by atoms with E-state index >= 15 is 0 Å². The number of carbonyl (C=O) groups excluding carboxylic acids is 2. The van der Waals surface area contributed by atoms with Crippen molar-refractivity contribution >= 4 is 19.7 Å². The molecule has 0 fully saturated rings. The minimum Gasteiger partial charge on any atom is -0.456 e. The number of nitrogens with one attached hydrogen (secondary N) is 1. The normalized spacial score (nSPS) is 14.4. The first-order chi connectivity index (χ1) is 35.9. The Morgan fingerprint density at radius 3 is 1.32 bits per heavy atom. The summed E-state index contributed by atoms with van der Waals surface area (Å²) in [6, 6.07) is -0.888. The molecule has 0 aliphatic rings. The fraction of sp³-hybridized carbons (Fsp3) is 0.719. The van der Waals surface area contributed by atoms with E-state index < -0.39 is 20.0 Å². The van der Waals surface area contributed by atoms with Crippen molar-refractivity contribution in [3.63, 3.8) is 0 Å². The zero-order chi connectivity index (χ0) is 54.3. The number of ether oxygens (including phenoxy) is 1. The van der Waals surface area contributed by atoms with Crippen LogP contribution in [0.2, 0.25) is 0 Å². The third-order valence-corrected chi connectivity index (χ3v) is 13.8. The number of nitrogens with zero attached hydrogens (tertiary/aromatic N) is 1. The highest BCUT2D eigenvalue weighted by atomic mass is 31.2. The van der Waals surface area contributed by atoms with Crippen molar-refractivity contribution in [1.29, 1.82) is 0 Å². The van der Waals surface area contributed by atoms with E-state index in [-0.39, 0.29) is 37.9 Å². The van der Waals surface area contributed by atoms with E-state index in [9.17, 15) is 19.0 Å². The van der Waals surface area contributed by atoms with Gasteiger partial charge in [0.1, 0.15) is 19.3 Å². The van der Waals surface area contributed by atoms with E-state index in [0.29, 0.717) is 23.9 Å². The maximum Gasteiger partial charge on any atom is 0.472 e. The Kier molecular flexibility index (Phi) is 51.1. The van der Waals surface area contributed by atoms with Gasteiger partial charge < -0.3 is 19.4 Å². The fourth-order valence-corrected chi connectivity index (χ4v) is 8.87. The number of esters is 1. The molecule has 74 heavy (non-hydrogen) atoms. The maximum absolute atomic E-state index is 13.5. The smallest absolute Gasteiger partial charge is 0.456 e. The van der Waals surface area contributed by atoms with Crippen LogP contribution in [0.15, 0.2) is 97.2 Å². The predicted octanol–water partition coefficient (Wildman–Crippen LogP) is 18.4. The molecule has 0 saturated carbocycles. The van der Waals surface area contributed by atoms with Crippen molar-refractivity contribution in [2.75, 3.05) is 40.9 Å². The van der Waals surface area contributed by atoms with Gasteiger partial charge >= 0.3 is 13.8 Å². The second-order valence-electron chi connectivity index (χ2n) is 21.1. The fourth-order valence-electron chi connectivity index (χ4n) is 8.13. The van der Waals surface area contributed by atoms with Crippen LogP contribution >= 0.6 is 7.82 Å². The van der Waals surface area contributed by atoms with E-state index in [4.69, 9.17) is 13.8 Å². The molecular formula is C64H114N2O7P+. The molecule has 0 bridgehead atoms. The summed E-state index contributed by atoms with van der Waals surface area (Å²) in [4.78, 5) is 37.6. The van der Waals surface area contributed by atoms with Gasteiger partial charge in [0, 0.05) is 12.8 Å². The molecule has 0 saturated heterocycles. The van der Waals surface area contributed by atoms with Gasteiger partial charge in [-0.1, -0.05) is 234 Å². The van der Waals surface area contributed by atoms with Crippen LogP contribution in [0.25, 0.3) is 0 Å². The Bertz CT molecular complexity index is 1590. The number of allylic oxidation sites excluding steroid dienone is 15. The highest BCUT2D eigenvalue weighted by Gasteiger charge is 2.30. The number of unbranched alkanes of at least 4 members (excludes halogenated alkanes) is 23. The highest BCUT2D eigenvalue weighted by molar-refractivity contribution is 7.47. The number of quaternary nitrogens is 1. The van der Waals surface area contributed by atoms with Gasteiger partial charge in [-0.3, -0.25) is 18.6 Å². The van der Waals surface area contributed by atoms with Crippen LogP contribution in [0.1, 0.15) is 245 Å². The van der Waals surface area contributed by atoms with E-state index in [0.717, 1.165) is 89.9 Å². The van der Waals surface area contributed by atoms with Crippen molar-refractivity contribution in [3.8, 4) is 0 Å². The molecule has 2 N–H and O–H groups in total. The van der Waals surface area contributed by atoms with E-state index in [2.05, 4.69) is 105 Å². The topological polar surface area (TPSA) is 111 Å². The van der Waals surface area contributed by atoms with Gasteiger partial charge in [-0.2, -0.15) is 0 Å². The van der Waals surface area contributed by atoms with Crippen LogP contribution in [0.5, 0.6) is 0 Å². The molecule has 3 atom stereocenters. The quantitative estimate of drug-likeness (QED) is 0.0205. The Labute approximate surface area is 456 Å². The van der Waals surface area contributed by atoms with Gasteiger partial charge in [0.05, 0.1) is 33.8 Å².